The van der Waals surface area contributed by atoms with Crippen LogP contribution in [-0.4, -0.2) is 30.3 Å². The number of aromatic nitrogens is 1. The van der Waals surface area contributed by atoms with E-state index < -0.39 is 5.97 Å². The van der Waals surface area contributed by atoms with E-state index in [9.17, 15) is 9.90 Å². The molecule has 0 saturated heterocycles. The summed E-state index contributed by atoms with van der Waals surface area (Å²) >= 11 is 0. The third-order valence-corrected chi connectivity index (χ3v) is 2.69. The molecular weight excluding hydrogens is 222 g/mol. The van der Waals surface area contributed by atoms with Crippen molar-refractivity contribution < 1.29 is 19.4 Å². The van der Waals surface area contributed by atoms with Crippen molar-refractivity contribution in [1.29, 1.82) is 0 Å². The normalized spacial score (nSPS) is 10.5. The number of nitrogens with one attached hydrogen (secondary N) is 1. The van der Waals surface area contributed by atoms with Gasteiger partial charge in [0, 0.05) is 17.8 Å². The summed E-state index contributed by atoms with van der Waals surface area (Å²) in [4.78, 5) is 14.2. The average Bonchev–Trinajstić information content (AvgIpc) is 2.63. The van der Waals surface area contributed by atoms with Crippen molar-refractivity contribution in [1.82, 2.24) is 4.98 Å². The third-order valence-electron chi connectivity index (χ3n) is 2.69. The minimum atomic E-state index is -0.975. The van der Waals surface area contributed by atoms with Crippen LogP contribution in [0.1, 0.15) is 16.1 Å². The summed E-state index contributed by atoms with van der Waals surface area (Å²) < 4.78 is 10.3. The van der Waals surface area contributed by atoms with Gasteiger partial charge in [-0.05, 0) is 6.92 Å². The molecule has 5 nitrogen and oxygen atoms in total. The van der Waals surface area contributed by atoms with E-state index >= 15 is 0 Å². The SMILES string of the molecule is COc1cc(OC)c2c(C(=O)O)c(C)[nH]c2c1. The zero-order valence-electron chi connectivity index (χ0n) is 9.83. The Balaban J connectivity index is 2.85. The number of fused-ring (bicyclic) bond motifs is 1. The highest BCUT2D eigenvalue weighted by molar-refractivity contribution is 6.07. The van der Waals surface area contributed by atoms with Gasteiger partial charge in [-0.3, -0.25) is 0 Å². The number of carboxylic acids is 1. The van der Waals surface area contributed by atoms with Gasteiger partial charge >= 0.3 is 5.97 Å². The number of carboxylic acid groups (broad SMARTS) is 1. The summed E-state index contributed by atoms with van der Waals surface area (Å²) in [7, 11) is 3.05. The van der Waals surface area contributed by atoms with Crippen LogP contribution in [0.3, 0.4) is 0 Å². The van der Waals surface area contributed by atoms with Gasteiger partial charge in [-0.15, -0.1) is 0 Å². The third kappa shape index (κ3) is 1.69. The van der Waals surface area contributed by atoms with Crippen LogP contribution >= 0.6 is 0 Å². The number of ether oxygens (including phenoxy) is 2. The Morgan fingerprint density at radius 3 is 2.53 bits per heavy atom. The molecule has 0 radical (unpaired) electrons. The Morgan fingerprint density at radius 2 is 2.00 bits per heavy atom. The summed E-state index contributed by atoms with van der Waals surface area (Å²) in [5.41, 5.74) is 1.52. The number of H-pyrrole nitrogens is 1. The maximum absolute atomic E-state index is 11.2. The molecule has 0 saturated carbocycles. The smallest absolute Gasteiger partial charge is 0.338 e. The molecule has 0 aliphatic heterocycles. The zero-order chi connectivity index (χ0) is 12.6. The number of carbonyl (C=O) groups is 1. The predicted molar refractivity (Wildman–Crippen MR) is 63.1 cm³/mol. The van der Waals surface area contributed by atoms with Gasteiger partial charge in [-0.1, -0.05) is 0 Å². The van der Waals surface area contributed by atoms with Crippen molar-refractivity contribution in [2.75, 3.05) is 14.2 Å². The standard InChI is InChI=1S/C12H13NO4/c1-6-10(12(14)15)11-8(13-6)4-7(16-2)5-9(11)17-3/h4-5,13H,1-3H3,(H,14,15). The lowest BCUT2D eigenvalue weighted by atomic mass is 10.1. The molecule has 1 aromatic heterocycles. The highest BCUT2D eigenvalue weighted by Gasteiger charge is 2.19. The fraction of sp³-hybridized carbons (Fsp3) is 0.250. The molecule has 0 fully saturated rings. The second kappa shape index (κ2) is 4.01. The molecule has 90 valence electrons. The Kier molecular flexibility index (Phi) is 2.67. The second-order valence-corrected chi connectivity index (χ2v) is 3.68. The van der Waals surface area contributed by atoms with E-state index in [1.807, 2.05) is 0 Å². The largest absolute Gasteiger partial charge is 0.497 e. The van der Waals surface area contributed by atoms with Gasteiger partial charge in [-0.25, -0.2) is 4.79 Å². The molecule has 0 bridgehead atoms. The second-order valence-electron chi connectivity index (χ2n) is 3.68. The first kappa shape index (κ1) is 11.3. The van der Waals surface area contributed by atoms with Crippen molar-refractivity contribution in [3.05, 3.63) is 23.4 Å². The van der Waals surface area contributed by atoms with Gasteiger partial charge in [0.1, 0.15) is 11.5 Å². The van der Waals surface area contributed by atoms with E-state index in [0.29, 0.717) is 28.1 Å². The fourth-order valence-corrected chi connectivity index (χ4v) is 1.94. The highest BCUT2D eigenvalue weighted by atomic mass is 16.5. The number of hydrogen-bond acceptors (Lipinski definition) is 3. The lowest BCUT2D eigenvalue weighted by Gasteiger charge is -2.06. The van der Waals surface area contributed by atoms with Crippen LogP contribution in [0.25, 0.3) is 10.9 Å². The van der Waals surface area contributed by atoms with Gasteiger partial charge in [0.25, 0.3) is 0 Å². The first-order valence-electron chi connectivity index (χ1n) is 5.06. The van der Waals surface area contributed by atoms with E-state index in [1.165, 1.54) is 7.11 Å². The number of hydrogen-bond donors (Lipinski definition) is 2. The summed E-state index contributed by atoms with van der Waals surface area (Å²) in [6, 6.07) is 3.42. The van der Waals surface area contributed by atoms with Crippen molar-refractivity contribution in [2.24, 2.45) is 0 Å². The van der Waals surface area contributed by atoms with Crippen LogP contribution in [-0.2, 0) is 0 Å². The first-order chi connectivity index (χ1) is 8.08. The Morgan fingerprint density at radius 1 is 1.29 bits per heavy atom. The van der Waals surface area contributed by atoms with E-state index in [2.05, 4.69) is 4.98 Å². The van der Waals surface area contributed by atoms with Gasteiger partial charge in [0.15, 0.2) is 0 Å². The molecule has 2 aromatic rings. The summed E-state index contributed by atoms with van der Waals surface area (Å²) in [5, 5.41) is 9.76. The molecule has 1 aromatic carbocycles. The number of methoxy groups -OCH3 is 2. The Labute approximate surface area is 98.0 Å². The molecule has 1 heterocycles. The molecule has 17 heavy (non-hydrogen) atoms. The van der Waals surface area contributed by atoms with Crippen LogP contribution < -0.4 is 9.47 Å². The van der Waals surface area contributed by atoms with Crippen molar-refractivity contribution >= 4 is 16.9 Å². The van der Waals surface area contributed by atoms with Crippen LogP contribution in [0.2, 0.25) is 0 Å². The molecule has 2 rings (SSSR count). The molecule has 0 unspecified atom stereocenters. The summed E-state index contributed by atoms with van der Waals surface area (Å²) in [6.07, 6.45) is 0. The molecule has 0 atom stereocenters. The maximum Gasteiger partial charge on any atom is 0.338 e. The summed E-state index contributed by atoms with van der Waals surface area (Å²) in [6.45, 7) is 1.72. The first-order valence-corrected chi connectivity index (χ1v) is 5.06. The van der Waals surface area contributed by atoms with E-state index in [1.54, 1.807) is 26.2 Å². The molecule has 0 spiro atoms. The van der Waals surface area contributed by atoms with Crippen LogP contribution in [0.4, 0.5) is 0 Å². The Bertz CT molecular complexity index is 586. The minimum Gasteiger partial charge on any atom is -0.497 e. The van der Waals surface area contributed by atoms with Crippen molar-refractivity contribution in [3.63, 3.8) is 0 Å². The van der Waals surface area contributed by atoms with Crippen molar-refractivity contribution in [2.45, 2.75) is 6.92 Å². The van der Waals surface area contributed by atoms with Crippen LogP contribution in [0, 0.1) is 6.92 Å². The molecule has 0 aliphatic carbocycles. The number of aromatic amines is 1. The lowest BCUT2D eigenvalue weighted by Crippen LogP contribution is -1.98. The zero-order valence-corrected chi connectivity index (χ0v) is 9.83. The van der Waals surface area contributed by atoms with Crippen LogP contribution in [0.5, 0.6) is 11.5 Å². The monoisotopic (exact) mass is 235 g/mol. The molecule has 0 aliphatic rings. The summed E-state index contributed by atoms with van der Waals surface area (Å²) in [5.74, 6) is 0.130. The molecule has 2 N–H and O–H groups in total. The van der Waals surface area contributed by atoms with Gasteiger partial charge in [0.2, 0.25) is 0 Å². The van der Waals surface area contributed by atoms with Crippen molar-refractivity contribution in [3.8, 4) is 11.5 Å². The fourth-order valence-electron chi connectivity index (χ4n) is 1.94. The quantitative estimate of drug-likeness (QED) is 0.855. The average molecular weight is 235 g/mol. The minimum absolute atomic E-state index is 0.236. The van der Waals surface area contributed by atoms with Crippen LogP contribution in [0.15, 0.2) is 12.1 Å². The van der Waals surface area contributed by atoms with E-state index in [0.717, 1.165) is 0 Å². The number of aromatic carboxylic acids is 1. The lowest BCUT2D eigenvalue weighted by molar-refractivity contribution is 0.0698. The highest BCUT2D eigenvalue weighted by Crippen LogP contribution is 2.34. The molecule has 0 amide bonds. The maximum atomic E-state index is 11.2. The van der Waals surface area contributed by atoms with E-state index in [4.69, 9.17) is 9.47 Å². The topological polar surface area (TPSA) is 71.6 Å². The van der Waals surface area contributed by atoms with E-state index in [-0.39, 0.29) is 5.56 Å². The number of aryl methyl sites for hydroxylation is 1. The Hall–Kier alpha value is -2.17. The predicted octanol–water partition coefficient (Wildman–Crippen LogP) is 2.19. The van der Waals surface area contributed by atoms with Gasteiger partial charge in [0.05, 0.1) is 30.7 Å². The number of rotatable bonds is 3. The van der Waals surface area contributed by atoms with Gasteiger partial charge in [-0.2, -0.15) is 0 Å². The molecule has 5 heteroatoms. The van der Waals surface area contributed by atoms with Gasteiger partial charge < -0.3 is 19.6 Å². The number of benzene rings is 1. The molecular formula is C12H13NO4.